The Hall–Kier alpha value is -0.960. The third kappa shape index (κ3) is 2.24. The third-order valence-electron chi connectivity index (χ3n) is 3.32. The first-order valence-corrected chi connectivity index (χ1v) is 5.81. The van der Waals surface area contributed by atoms with Gasteiger partial charge in [-0.15, -0.1) is 0 Å². The van der Waals surface area contributed by atoms with Crippen LogP contribution in [-0.4, -0.2) is 6.54 Å². The second-order valence-electron chi connectivity index (χ2n) is 4.58. The smallest absolute Gasteiger partial charge is 0.130 e. The summed E-state index contributed by atoms with van der Waals surface area (Å²) in [7, 11) is 0. The van der Waals surface area contributed by atoms with Gasteiger partial charge in [0.2, 0.25) is 0 Å². The first kappa shape index (κ1) is 11.5. The highest BCUT2D eigenvalue weighted by Gasteiger charge is 2.40. The van der Waals surface area contributed by atoms with Gasteiger partial charge in [0.1, 0.15) is 11.6 Å². The molecule has 0 amide bonds. The Morgan fingerprint density at radius 3 is 2.62 bits per heavy atom. The van der Waals surface area contributed by atoms with Crippen LogP contribution >= 0.6 is 0 Å². The maximum absolute atomic E-state index is 13.7. The molecule has 1 aliphatic carbocycles. The SMILES string of the molecule is CCNC(c1ccc(F)cc1F)C1CC1C. The van der Waals surface area contributed by atoms with Crippen molar-refractivity contribution in [2.45, 2.75) is 26.3 Å². The van der Waals surface area contributed by atoms with Crippen molar-refractivity contribution < 1.29 is 8.78 Å². The average molecular weight is 225 g/mol. The summed E-state index contributed by atoms with van der Waals surface area (Å²) < 4.78 is 26.5. The van der Waals surface area contributed by atoms with E-state index in [1.807, 2.05) is 6.92 Å². The summed E-state index contributed by atoms with van der Waals surface area (Å²) in [5.74, 6) is 0.166. The summed E-state index contributed by atoms with van der Waals surface area (Å²) in [4.78, 5) is 0. The second kappa shape index (κ2) is 4.50. The van der Waals surface area contributed by atoms with E-state index in [2.05, 4.69) is 12.2 Å². The molecule has 1 saturated carbocycles. The fraction of sp³-hybridized carbons (Fsp3) is 0.538. The van der Waals surface area contributed by atoms with Crippen LogP contribution < -0.4 is 5.32 Å². The minimum Gasteiger partial charge on any atom is -0.310 e. The zero-order valence-electron chi connectivity index (χ0n) is 9.63. The van der Waals surface area contributed by atoms with Crippen LogP contribution in [0.4, 0.5) is 8.78 Å². The molecule has 0 aromatic heterocycles. The van der Waals surface area contributed by atoms with Crippen molar-refractivity contribution in [1.82, 2.24) is 5.32 Å². The molecule has 0 radical (unpaired) electrons. The second-order valence-corrected chi connectivity index (χ2v) is 4.58. The highest BCUT2D eigenvalue weighted by atomic mass is 19.1. The highest BCUT2D eigenvalue weighted by molar-refractivity contribution is 5.24. The van der Waals surface area contributed by atoms with Crippen LogP contribution in [0, 0.1) is 23.5 Å². The fourth-order valence-corrected chi connectivity index (χ4v) is 2.28. The van der Waals surface area contributed by atoms with Gasteiger partial charge in [0.25, 0.3) is 0 Å². The van der Waals surface area contributed by atoms with Gasteiger partial charge in [-0.25, -0.2) is 8.78 Å². The van der Waals surface area contributed by atoms with Crippen LogP contribution in [0.25, 0.3) is 0 Å². The Morgan fingerprint density at radius 2 is 2.12 bits per heavy atom. The van der Waals surface area contributed by atoms with E-state index >= 15 is 0 Å². The molecule has 88 valence electrons. The van der Waals surface area contributed by atoms with Gasteiger partial charge in [-0.3, -0.25) is 0 Å². The Kier molecular flexibility index (Phi) is 3.24. The predicted octanol–water partition coefficient (Wildman–Crippen LogP) is 3.27. The zero-order valence-corrected chi connectivity index (χ0v) is 9.63. The Labute approximate surface area is 94.9 Å². The summed E-state index contributed by atoms with van der Waals surface area (Å²) in [6, 6.07) is 3.88. The van der Waals surface area contributed by atoms with Crippen molar-refractivity contribution in [3.8, 4) is 0 Å². The summed E-state index contributed by atoms with van der Waals surface area (Å²) in [5, 5.41) is 3.29. The van der Waals surface area contributed by atoms with Crippen LogP contribution in [0.3, 0.4) is 0 Å². The number of benzene rings is 1. The Balaban J connectivity index is 2.24. The summed E-state index contributed by atoms with van der Waals surface area (Å²) in [6.45, 7) is 4.96. The minimum atomic E-state index is -0.514. The minimum absolute atomic E-state index is 0.0283. The van der Waals surface area contributed by atoms with E-state index in [9.17, 15) is 8.78 Å². The maximum Gasteiger partial charge on any atom is 0.130 e. The van der Waals surface area contributed by atoms with Crippen molar-refractivity contribution in [2.75, 3.05) is 6.54 Å². The van der Waals surface area contributed by atoms with E-state index in [1.54, 1.807) is 6.07 Å². The van der Waals surface area contributed by atoms with Gasteiger partial charge in [-0.2, -0.15) is 0 Å². The van der Waals surface area contributed by atoms with Crippen molar-refractivity contribution in [2.24, 2.45) is 11.8 Å². The van der Waals surface area contributed by atoms with E-state index in [0.29, 0.717) is 17.4 Å². The fourth-order valence-electron chi connectivity index (χ4n) is 2.28. The zero-order chi connectivity index (χ0) is 11.7. The third-order valence-corrected chi connectivity index (χ3v) is 3.32. The van der Waals surface area contributed by atoms with E-state index in [4.69, 9.17) is 0 Å². The molecule has 1 aromatic carbocycles. The molecule has 1 aliphatic rings. The van der Waals surface area contributed by atoms with Crippen LogP contribution in [0.15, 0.2) is 18.2 Å². The first-order valence-electron chi connectivity index (χ1n) is 5.81. The number of hydrogen-bond acceptors (Lipinski definition) is 1. The lowest BCUT2D eigenvalue weighted by atomic mass is 10.0. The molecular weight excluding hydrogens is 208 g/mol. The van der Waals surface area contributed by atoms with E-state index < -0.39 is 11.6 Å². The Morgan fingerprint density at radius 1 is 1.44 bits per heavy atom. The van der Waals surface area contributed by atoms with Crippen molar-refractivity contribution in [1.29, 1.82) is 0 Å². The average Bonchev–Trinajstić information content (AvgIpc) is 2.93. The molecule has 0 bridgehead atoms. The quantitative estimate of drug-likeness (QED) is 0.829. The van der Waals surface area contributed by atoms with Crippen LogP contribution in [-0.2, 0) is 0 Å². The molecular formula is C13H17F2N. The van der Waals surface area contributed by atoms with Crippen molar-refractivity contribution >= 4 is 0 Å². The molecule has 0 aliphatic heterocycles. The molecule has 1 aromatic rings. The van der Waals surface area contributed by atoms with Gasteiger partial charge in [0.05, 0.1) is 0 Å². The molecule has 2 rings (SSSR count). The monoisotopic (exact) mass is 225 g/mol. The summed E-state index contributed by atoms with van der Waals surface area (Å²) in [6.07, 6.45) is 1.12. The molecule has 3 unspecified atom stereocenters. The van der Waals surface area contributed by atoms with Crippen molar-refractivity contribution in [3.63, 3.8) is 0 Å². The largest absolute Gasteiger partial charge is 0.310 e. The van der Waals surface area contributed by atoms with Crippen LogP contribution in [0.5, 0.6) is 0 Å². The number of nitrogens with one attached hydrogen (secondary N) is 1. The molecule has 1 N–H and O–H groups in total. The van der Waals surface area contributed by atoms with Crippen LogP contribution in [0.1, 0.15) is 31.9 Å². The van der Waals surface area contributed by atoms with Gasteiger partial charge >= 0.3 is 0 Å². The van der Waals surface area contributed by atoms with Crippen molar-refractivity contribution in [3.05, 3.63) is 35.4 Å². The van der Waals surface area contributed by atoms with Gasteiger partial charge in [0.15, 0.2) is 0 Å². The molecule has 3 heteroatoms. The number of hydrogen-bond donors (Lipinski definition) is 1. The molecule has 0 heterocycles. The lowest BCUT2D eigenvalue weighted by Gasteiger charge is -2.19. The molecule has 0 saturated heterocycles. The van der Waals surface area contributed by atoms with E-state index in [0.717, 1.165) is 19.0 Å². The molecule has 3 atom stereocenters. The van der Waals surface area contributed by atoms with Gasteiger partial charge in [-0.1, -0.05) is 19.9 Å². The van der Waals surface area contributed by atoms with Gasteiger partial charge in [0, 0.05) is 17.7 Å². The molecule has 0 spiro atoms. The lowest BCUT2D eigenvalue weighted by Crippen LogP contribution is -2.24. The van der Waals surface area contributed by atoms with E-state index in [-0.39, 0.29) is 6.04 Å². The molecule has 1 fully saturated rings. The maximum atomic E-state index is 13.7. The first-order chi connectivity index (χ1) is 7.63. The van der Waals surface area contributed by atoms with Gasteiger partial charge in [-0.05, 0) is 30.9 Å². The molecule has 1 nitrogen and oxygen atoms in total. The highest BCUT2D eigenvalue weighted by Crippen LogP contribution is 2.47. The van der Waals surface area contributed by atoms with E-state index in [1.165, 1.54) is 6.07 Å². The number of halogens is 2. The van der Waals surface area contributed by atoms with Gasteiger partial charge < -0.3 is 5.32 Å². The summed E-state index contributed by atoms with van der Waals surface area (Å²) >= 11 is 0. The number of rotatable bonds is 4. The Bertz CT molecular complexity index is 378. The van der Waals surface area contributed by atoms with Crippen LogP contribution in [0.2, 0.25) is 0 Å². The molecule has 16 heavy (non-hydrogen) atoms. The summed E-state index contributed by atoms with van der Waals surface area (Å²) in [5.41, 5.74) is 0.595. The predicted molar refractivity (Wildman–Crippen MR) is 60.0 cm³/mol. The topological polar surface area (TPSA) is 12.0 Å². The normalized spacial score (nSPS) is 25.5. The standard InChI is InChI=1S/C13H17F2N/c1-3-16-13(11-6-8(11)2)10-5-4-9(14)7-12(10)15/h4-5,7-8,11,13,16H,3,6H2,1-2H3. The lowest BCUT2D eigenvalue weighted by molar-refractivity contribution is 0.449.